The average molecular weight is 626 g/mol. The van der Waals surface area contributed by atoms with Crippen molar-refractivity contribution in [1.82, 2.24) is 25.7 Å². The van der Waals surface area contributed by atoms with Gasteiger partial charge in [-0.2, -0.15) is 4.98 Å². The fourth-order valence-electron chi connectivity index (χ4n) is 5.09. The summed E-state index contributed by atoms with van der Waals surface area (Å²) >= 11 is 0. The van der Waals surface area contributed by atoms with E-state index < -0.39 is 59.4 Å². The number of alkyl carbamates (subject to hydrolysis) is 1. The number of Topliss-reactive ketones (excluding diaryl/α,β-unsaturated/α-hetero) is 1. The molecule has 0 aliphatic carbocycles. The Labute approximate surface area is 259 Å². The Morgan fingerprint density at radius 3 is 2.27 bits per heavy atom. The third kappa shape index (κ3) is 8.28. The molecule has 0 saturated carbocycles. The molecule has 45 heavy (non-hydrogen) atoms. The van der Waals surface area contributed by atoms with Gasteiger partial charge in [0, 0.05) is 12.1 Å². The lowest BCUT2D eigenvalue weighted by atomic mass is 9.98. The lowest BCUT2D eigenvalue weighted by Crippen LogP contribution is -2.57. The Morgan fingerprint density at radius 1 is 0.956 bits per heavy atom. The predicted molar refractivity (Wildman–Crippen MR) is 158 cm³/mol. The predicted octanol–water partition coefficient (Wildman–Crippen LogP) is 4.20. The van der Waals surface area contributed by atoms with Crippen LogP contribution in [0.2, 0.25) is 0 Å². The Morgan fingerprint density at radius 2 is 1.62 bits per heavy atom. The van der Waals surface area contributed by atoms with Gasteiger partial charge >= 0.3 is 6.09 Å². The number of nitrogens with one attached hydrogen (secondary N) is 2. The number of ketones is 1. The lowest BCUT2D eigenvalue weighted by molar-refractivity contribution is -0.141. The minimum atomic E-state index is -1.07. The number of rotatable bonds is 12. The molecule has 0 bridgehead atoms. The number of ether oxygens (including phenoxy) is 1. The van der Waals surface area contributed by atoms with Crippen LogP contribution in [0.1, 0.15) is 68.2 Å². The summed E-state index contributed by atoms with van der Waals surface area (Å²) < 4.78 is 38.5. The molecule has 3 aromatic rings. The van der Waals surface area contributed by atoms with E-state index in [0.29, 0.717) is 19.4 Å². The van der Waals surface area contributed by atoms with E-state index in [1.54, 1.807) is 27.7 Å². The van der Waals surface area contributed by atoms with Crippen LogP contribution < -0.4 is 10.6 Å². The Hall–Kier alpha value is -4.68. The van der Waals surface area contributed by atoms with Crippen LogP contribution in [-0.4, -0.2) is 63.4 Å². The number of amides is 3. The van der Waals surface area contributed by atoms with E-state index >= 15 is 0 Å². The molecule has 1 aromatic heterocycles. The van der Waals surface area contributed by atoms with Crippen molar-refractivity contribution in [1.29, 1.82) is 0 Å². The lowest BCUT2D eigenvalue weighted by Gasteiger charge is -2.31. The second kappa shape index (κ2) is 14.9. The number of benzene rings is 2. The van der Waals surface area contributed by atoms with E-state index in [9.17, 15) is 28.0 Å². The van der Waals surface area contributed by atoms with Crippen LogP contribution in [0, 0.1) is 23.5 Å². The summed E-state index contributed by atoms with van der Waals surface area (Å²) in [6, 6.07) is 9.65. The Bertz CT molecular complexity index is 1490. The van der Waals surface area contributed by atoms with Gasteiger partial charge in [-0.3, -0.25) is 14.4 Å². The molecule has 3 amide bonds. The molecular formula is C32H37F2N5O6. The molecule has 11 nitrogen and oxygen atoms in total. The maximum absolute atomic E-state index is 14.1. The highest BCUT2D eigenvalue weighted by molar-refractivity contribution is 6.00. The number of hydrogen-bond donors (Lipinski definition) is 2. The quantitative estimate of drug-likeness (QED) is 0.285. The van der Waals surface area contributed by atoms with E-state index in [2.05, 4.69) is 20.8 Å². The fraction of sp³-hybridized carbons (Fsp3) is 0.438. The van der Waals surface area contributed by atoms with Crippen molar-refractivity contribution in [3.63, 3.8) is 0 Å². The van der Waals surface area contributed by atoms with Crippen LogP contribution in [-0.2, 0) is 27.4 Å². The molecule has 1 fully saturated rings. The first-order chi connectivity index (χ1) is 21.5. The highest BCUT2D eigenvalue weighted by Gasteiger charge is 2.40. The molecule has 13 heteroatoms. The molecule has 240 valence electrons. The molecule has 1 saturated heterocycles. The summed E-state index contributed by atoms with van der Waals surface area (Å²) in [5.74, 6) is -4.43. The number of hydrogen-bond acceptors (Lipinski definition) is 8. The van der Waals surface area contributed by atoms with Crippen molar-refractivity contribution in [3.05, 3.63) is 83.0 Å². The van der Waals surface area contributed by atoms with Crippen LogP contribution in [0.25, 0.3) is 0 Å². The number of carbonyl (C=O) groups is 4. The van der Waals surface area contributed by atoms with E-state index in [0.717, 1.165) is 17.7 Å². The average Bonchev–Trinajstić information content (AvgIpc) is 3.69. The number of likely N-dealkylation sites (tertiary alicyclic amines) is 1. The van der Waals surface area contributed by atoms with E-state index in [4.69, 9.17) is 9.26 Å². The zero-order chi connectivity index (χ0) is 32.7. The molecule has 0 radical (unpaired) electrons. The SMILES string of the molecule is CC(C)[C@H](NC(=O)OCc1ccccc1)C(=O)N1CCCC1C(=O)N[C@@H](C(=O)c1noc(Cc2c(F)cccc2F)n1)C(C)C. The Kier molecular flexibility index (Phi) is 11.0. The molecule has 2 heterocycles. The topological polar surface area (TPSA) is 144 Å². The second-order valence-corrected chi connectivity index (χ2v) is 11.6. The van der Waals surface area contributed by atoms with Crippen molar-refractivity contribution < 1.29 is 37.2 Å². The van der Waals surface area contributed by atoms with E-state index in [1.807, 2.05) is 30.3 Å². The normalized spacial score (nSPS) is 16.0. The standard InChI is InChI=1S/C32H37F2N5O6/c1-18(2)26(28(40)29-35-25(45-38-29)16-21-22(33)12-8-13-23(21)34)36-30(41)24-14-9-15-39(24)31(42)27(19(3)4)37-32(43)44-17-20-10-6-5-7-11-20/h5-8,10-13,18-19,24,26-27H,9,14-17H2,1-4H3,(H,36,41)(H,37,43)/t24?,26-,27+/m1/s1. The largest absolute Gasteiger partial charge is 0.445 e. The van der Waals surface area contributed by atoms with Crippen LogP contribution in [0.4, 0.5) is 13.6 Å². The summed E-state index contributed by atoms with van der Waals surface area (Å²) in [6.45, 7) is 7.32. The summed E-state index contributed by atoms with van der Waals surface area (Å²) in [5, 5.41) is 9.05. The molecule has 1 aliphatic rings. The third-order valence-corrected chi connectivity index (χ3v) is 7.58. The van der Waals surface area contributed by atoms with Crippen LogP contribution in [0.5, 0.6) is 0 Å². The second-order valence-electron chi connectivity index (χ2n) is 11.6. The van der Waals surface area contributed by atoms with Crippen LogP contribution >= 0.6 is 0 Å². The van der Waals surface area contributed by atoms with E-state index in [1.165, 1.54) is 11.0 Å². The number of nitrogens with zero attached hydrogens (tertiary/aromatic N) is 3. The zero-order valence-corrected chi connectivity index (χ0v) is 25.6. The maximum atomic E-state index is 14.1. The van der Waals surface area contributed by atoms with Gasteiger partial charge in [0.1, 0.15) is 30.3 Å². The minimum absolute atomic E-state index is 0.0347. The zero-order valence-electron chi connectivity index (χ0n) is 25.6. The molecule has 3 atom stereocenters. The highest BCUT2D eigenvalue weighted by Crippen LogP contribution is 2.22. The molecule has 1 aliphatic heterocycles. The highest BCUT2D eigenvalue weighted by atomic mass is 19.1. The molecule has 2 aromatic carbocycles. The number of carbonyl (C=O) groups excluding carboxylic acids is 4. The van der Waals surface area contributed by atoms with Crippen molar-refractivity contribution in [3.8, 4) is 0 Å². The molecule has 1 unspecified atom stereocenters. The van der Waals surface area contributed by atoms with Gasteiger partial charge in [-0.15, -0.1) is 0 Å². The van der Waals surface area contributed by atoms with Crippen molar-refractivity contribution in [2.75, 3.05) is 6.54 Å². The van der Waals surface area contributed by atoms with Gasteiger partial charge < -0.3 is 24.8 Å². The first-order valence-corrected chi connectivity index (χ1v) is 14.8. The summed E-state index contributed by atoms with van der Waals surface area (Å²) in [7, 11) is 0. The third-order valence-electron chi connectivity index (χ3n) is 7.58. The smallest absolute Gasteiger partial charge is 0.408 e. The monoisotopic (exact) mass is 625 g/mol. The molecule has 2 N–H and O–H groups in total. The van der Waals surface area contributed by atoms with E-state index in [-0.39, 0.29) is 36.2 Å². The number of halogens is 2. The molecule has 4 rings (SSSR count). The first-order valence-electron chi connectivity index (χ1n) is 14.8. The summed E-state index contributed by atoms with van der Waals surface area (Å²) in [4.78, 5) is 58.4. The molecule has 0 spiro atoms. The summed E-state index contributed by atoms with van der Waals surface area (Å²) in [6.07, 6.45) is -0.204. The van der Waals surface area contributed by atoms with Gasteiger partial charge in [0.25, 0.3) is 0 Å². The van der Waals surface area contributed by atoms with Crippen LogP contribution in [0.3, 0.4) is 0 Å². The van der Waals surface area contributed by atoms with Gasteiger partial charge in [-0.05, 0) is 42.4 Å². The van der Waals surface area contributed by atoms with Crippen molar-refractivity contribution in [2.24, 2.45) is 11.8 Å². The first kappa shape index (κ1) is 33.2. The number of aromatic nitrogens is 2. The van der Waals surface area contributed by atoms with Crippen LogP contribution in [0.15, 0.2) is 53.1 Å². The van der Waals surface area contributed by atoms with Gasteiger partial charge in [0.2, 0.25) is 29.3 Å². The minimum Gasteiger partial charge on any atom is -0.445 e. The fourth-order valence-corrected chi connectivity index (χ4v) is 5.09. The summed E-state index contributed by atoms with van der Waals surface area (Å²) in [5.41, 5.74) is 0.514. The van der Waals surface area contributed by atoms with Gasteiger partial charge in [-0.1, -0.05) is 69.2 Å². The van der Waals surface area contributed by atoms with Gasteiger partial charge in [0.05, 0.1) is 12.5 Å². The van der Waals surface area contributed by atoms with Crippen molar-refractivity contribution >= 4 is 23.7 Å². The molecular weight excluding hydrogens is 588 g/mol. The van der Waals surface area contributed by atoms with Gasteiger partial charge in [0.15, 0.2) is 0 Å². The Balaban J connectivity index is 1.41. The van der Waals surface area contributed by atoms with Gasteiger partial charge in [-0.25, -0.2) is 13.6 Å². The maximum Gasteiger partial charge on any atom is 0.408 e. The van der Waals surface area contributed by atoms with Crippen molar-refractivity contribution in [2.45, 2.75) is 71.7 Å².